The van der Waals surface area contributed by atoms with Gasteiger partial charge in [0.1, 0.15) is 17.5 Å². The van der Waals surface area contributed by atoms with E-state index in [1.807, 2.05) is 0 Å². The maximum Gasteiger partial charge on any atom is 0.280 e. The van der Waals surface area contributed by atoms with Crippen LogP contribution in [0.4, 0.5) is 8.78 Å². The predicted octanol–water partition coefficient (Wildman–Crippen LogP) is 2.92. The molecule has 0 amide bonds. The summed E-state index contributed by atoms with van der Waals surface area (Å²) in [6.07, 6.45) is -2.90. The van der Waals surface area contributed by atoms with Crippen LogP contribution in [0.5, 0.6) is 0 Å². The van der Waals surface area contributed by atoms with E-state index in [-0.39, 0.29) is 10.6 Å². The number of alkyl halides is 2. The summed E-state index contributed by atoms with van der Waals surface area (Å²) in [5, 5.41) is 7.17. The number of nitriles is 1. The third-order valence-electron chi connectivity index (χ3n) is 1.51. The lowest BCUT2D eigenvalue weighted by Gasteiger charge is -2.04. The summed E-state index contributed by atoms with van der Waals surface area (Å²) in [5.41, 5.74) is -1.50. The number of hydrogen-bond acceptors (Lipinski definition) is 3. The molecule has 0 aliphatic rings. The highest BCUT2D eigenvalue weighted by molar-refractivity contribution is 6.68. The van der Waals surface area contributed by atoms with Crippen LogP contribution in [-0.4, -0.2) is 10.2 Å². The minimum Gasteiger partial charge on any atom is -0.274 e. The van der Waals surface area contributed by atoms with E-state index in [0.717, 1.165) is 6.07 Å². The van der Waals surface area contributed by atoms with Gasteiger partial charge in [0.15, 0.2) is 0 Å². The number of carbonyl (C=O) groups is 1. The minimum atomic E-state index is -2.90. The molecule has 0 aromatic carbocycles. The molecule has 1 heterocycles. The predicted molar refractivity (Wildman–Crippen MR) is 49.1 cm³/mol. The molecule has 0 spiro atoms. The Morgan fingerprint density at radius 3 is 2.60 bits per heavy atom. The Morgan fingerprint density at radius 2 is 2.20 bits per heavy atom. The van der Waals surface area contributed by atoms with Crippen LogP contribution < -0.4 is 0 Å². The van der Waals surface area contributed by atoms with E-state index in [2.05, 4.69) is 4.98 Å². The van der Waals surface area contributed by atoms with Crippen molar-refractivity contribution in [3.63, 3.8) is 0 Å². The highest BCUT2D eigenvalue weighted by atomic mass is 35.5. The summed E-state index contributed by atoms with van der Waals surface area (Å²) in [4.78, 5) is 14.0. The summed E-state index contributed by atoms with van der Waals surface area (Å²) >= 11 is 10.6. The number of aromatic nitrogens is 1. The first-order valence-electron chi connectivity index (χ1n) is 3.56. The quantitative estimate of drug-likeness (QED) is 0.759. The fraction of sp³-hybridized carbons (Fsp3) is 0.125. The largest absolute Gasteiger partial charge is 0.280 e. The van der Waals surface area contributed by atoms with Gasteiger partial charge in [-0.05, 0) is 17.7 Å². The highest BCUT2D eigenvalue weighted by Crippen LogP contribution is 2.26. The van der Waals surface area contributed by atoms with Gasteiger partial charge in [-0.15, -0.1) is 0 Å². The zero-order chi connectivity index (χ0) is 11.6. The summed E-state index contributed by atoms with van der Waals surface area (Å²) in [5.74, 6) is 0. The van der Waals surface area contributed by atoms with E-state index in [1.54, 1.807) is 6.07 Å². The van der Waals surface area contributed by atoms with Crippen molar-refractivity contribution < 1.29 is 13.6 Å². The van der Waals surface area contributed by atoms with Crippen molar-refractivity contribution in [2.24, 2.45) is 0 Å². The first-order chi connectivity index (χ1) is 6.97. The molecule has 0 bridgehead atoms. The van der Waals surface area contributed by atoms with Crippen molar-refractivity contribution in [3.05, 3.63) is 28.0 Å². The van der Waals surface area contributed by atoms with Gasteiger partial charge in [-0.3, -0.25) is 4.79 Å². The second kappa shape index (κ2) is 4.51. The minimum absolute atomic E-state index is 0.258. The lowest BCUT2D eigenvalue weighted by atomic mass is 10.2. The molecule has 0 unspecified atom stereocenters. The van der Waals surface area contributed by atoms with Gasteiger partial charge < -0.3 is 0 Å². The maximum atomic E-state index is 12.3. The number of nitrogens with zero attached hydrogens (tertiary/aromatic N) is 2. The Morgan fingerprint density at radius 1 is 1.60 bits per heavy atom. The van der Waals surface area contributed by atoms with Crippen LogP contribution in [0.2, 0.25) is 5.02 Å². The molecule has 7 heteroatoms. The lowest BCUT2D eigenvalue weighted by molar-refractivity contribution is 0.107. The van der Waals surface area contributed by atoms with Crippen LogP contribution >= 0.6 is 23.2 Å². The molecule has 78 valence electrons. The number of hydrogen-bond donors (Lipinski definition) is 0. The Labute approximate surface area is 93.2 Å². The molecular formula is C8H2Cl2F2N2O. The molecule has 0 fully saturated rings. The van der Waals surface area contributed by atoms with Crippen LogP contribution in [0.3, 0.4) is 0 Å². The zero-order valence-corrected chi connectivity index (χ0v) is 8.48. The molecule has 0 saturated heterocycles. The maximum absolute atomic E-state index is 12.3. The van der Waals surface area contributed by atoms with Crippen molar-refractivity contribution in [2.75, 3.05) is 0 Å². The second-order valence-corrected chi connectivity index (χ2v) is 3.16. The van der Waals surface area contributed by atoms with Gasteiger partial charge >= 0.3 is 0 Å². The van der Waals surface area contributed by atoms with Gasteiger partial charge in [-0.25, -0.2) is 13.8 Å². The standard InChI is InChI=1S/C8H2Cl2F2N2O/c9-5-3(2-13)1-4(8(11)12)14-6(5)7(10)15/h1,8H. The SMILES string of the molecule is N#Cc1cc(C(F)F)nc(C(=O)Cl)c1Cl. The molecule has 0 aliphatic carbocycles. The molecule has 1 aromatic heterocycles. The Hall–Kier alpha value is -1.25. The molecule has 0 aliphatic heterocycles. The van der Waals surface area contributed by atoms with Crippen molar-refractivity contribution in [1.29, 1.82) is 5.26 Å². The van der Waals surface area contributed by atoms with E-state index in [0.29, 0.717) is 0 Å². The van der Waals surface area contributed by atoms with Crippen LogP contribution in [0, 0.1) is 11.3 Å². The Kier molecular flexibility index (Phi) is 3.56. The van der Waals surface area contributed by atoms with Crippen molar-refractivity contribution in [3.8, 4) is 6.07 Å². The van der Waals surface area contributed by atoms with E-state index >= 15 is 0 Å². The normalized spacial score (nSPS) is 10.1. The van der Waals surface area contributed by atoms with E-state index in [4.69, 9.17) is 28.5 Å². The van der Waals surface area contributed by atoms with Crippen LogP contribution in [0.1, 0.15) is 28.2 Å². The summed E-state index contributed by atoms with van der Waals surface area (Å²) in [6.45, 7) is 0. The molecule has 0 radical (unpaired) electrons. The van der Waals surface area contributed by atoms with E-state index in [1.165, 1.54) is 0 Å². The summed E-state index contributed by atoms with van der Waals surface area (Å²) < 4.78 is 24.6. The smallest absolute Gasteiger partial charge is 0.274 e. The summed E-state index contributed by atoms with van der Waals surface area (Å²) in [7, 11) is 0. The third-order valence-corrected chi connectivity index (χ3v) is 2.07. The van der Waals surface area contributed by atoms with Gasteiger partial charge in [-0.2, -0.15) is 5.26 Å². The molecule has 0 atom stereocenters. The second-order valence-electron chi connectivity index (χ2n) is 2.44. The number of carbonyl (C=O) groups excluding carboxylic acids is 1. The van der Waals surface area contributed by atoms with Gasteiger partial charge in [0, 0.05) is 0 Å². The van der Waals surface area contributed by atoms with Crippen LogP contribution in [0.25, 0.3) is 0 Å². The van der Waals surface area contributed by atoms with Gasteiger partial charge in [0.05, 0.1) is 10.6 Å². The highest BCUT2D eigenvalue weighted by Gasteiger charge is 2.19. The number of rotatable bonds is 2. The molecule has 0 N–H and O–H groups in total. The van der Waals surface area contributed by atoms with E-state index < -0.39 is 23.1 Å². The molecule has 1 aromatic rings. The lowest BCUT2D eigenvalue weighted by Crippen LogP contribution is -2.02. The van der Waals surface area contributed by atoms with Gasteiger partial charge in [0.2, 0.25) is 0 Å². The Balaban J connectivity index is 3.47. The molecule has 1 rings (SSSR count). The Bertz CT molecular complexity index is 457. The van der Waals surface area contributed by atoms with Gasteiger partial charge in [-0.1, -0.05) is 11.6 Å². The monoisotopic (exact) mass is 250 g/mol. The van der Waals surface area contributed by atoms with Crippen molar-refractivity contribution in [1.82, 2.24) is 4.98 Å². The first-order valence-corrected chi connectivity index (χ1v) is 4.31. The topological polar surface area (TPSA) is 53.8 Å². The zero-order valence-electron chi connectivity index (χ0n) is 6.97. The third kappa shape index (κ3) is 2.41. The van der Waals surface area contributed by atoms with Crippen molar-refractivity contribution in [2.45, 2.75) is 6.43 Å². The average molecular weight is 251 g/mol. The average Bonchev–Trinajstić information content (AvgIpc) is 2.17. The van der Waals surface area contributed by atoms with Crippen LogP contribution in [-0.2, 0) is 0 Å². The summed E-state index contributed by atoms with van der Waals surface area (Å²) in [6, 6.07) is 2.39. The van der Waals surface area contributed by atoms with E-state index in [9.17, 15) is 13.6 Å². The molecule has 15 heavy (non-hydrogen) atoms. The van der Waals surface area contributed by atoms with Crippen molar-refractivity contribution >= 4 is 28.4 Å². The first kappa shape index (κ1) is 11.8. The molecule has 3 nitrogen and oxygen atoms in total. The fourth-order valence-corrected chi connectivity index (χ4v) is 1.28. The fourth-order valence-electron chi connectivity index (χ4n) is 0.873. The molecule has 0 saturated carbocycles. The van der Waals surface area contributed by atoms with Crippen LogP contribution in [0.15, 0.2) is 6.07 Å². The molecular weight excluding hydrogens is 249 g/mol. The number of pyridine rings is 1. The van der Waals surface area contributed by atoms with Gasteiger partial charge in [0.25, 0.3) is 11.7 Å². The number of halogens is 4.